The summed E-state index contributed by atoms with van der Waals surface area (Å²) in [5, 5.41) is 14.1. The number of hydrogen-bond donors (Lipinski definition) is 2. The minimum Gasteiger partial charge on any atom is -0.497 e. The minimum atomic E-state index is -0.250. The molecular weight excluding hydrogens is 452 g/mol. The average Bonchev–Trinajstić information content (AvgIpc) is 3.39. The van der Waals surface area contributed by atoms with Gasteiger partial charge < -0.3 is 34.4 Å². The molecule has 2 aromatic rings. The molecule has 11 heteroatoms. The van der Waals surface area contributed by atoms with Crippen molar-refractivity contribution >= 4 is 18.5 Å². The Morgan fingerprint density at radius 2 is 1.83 bits per heavy atom. The van der Waals surface area contributed by atoms with Crippen LogP contribution in [0.5, 0.6) is 5.75 Å². The van der Waals surface area contributed by atoms with Crippen LogP contribution in [0, 0.1) is 5.92 Å². The molecule has 0 radical (unpaired) electrons. The fraction of sp³-hybridized carbons (Fsp3) is 0.583. The van der Waals surface area contributed by atoms with Crippen molar-refractivity contribution in [3.8, 4) is 17.1 Å². The fourth-order valence-corrected chi connectivity index (χ4v) is 4.20. The van der Waals surface area contributed by atoms with Gasteiger partial charge in [0.2, 0.25) is 5.82 Å². The zero-order chi connectivity index (χ0) is 25.0. The first kappa shape index (κ1) is 26.3. The number of methoxy groups -OCH3 is 1. The zero-order valence-corrected chi connectivity index (χ0v) is 20.6. The van der Waals surface area contributed by atoms with Crippen LogP contribution in [0.4, 0.5) is 10.8 Å². The third-order valence-electron chi connectivity index (χ3n) is 6.40. The van der Waals surface area contributed by atoms with Gasteiger partial charge in [0.15, 0.2) is 0 Å². The van der Waals surface area contributed by atoms with E-state index in [1.165, 1.54) is 25.9 Å². The Hall–Kier alpha value is -3.34. The summed E-state index contributed by atoms with van der Waals surface area (Å²) in [4.78, 5) is 31.8. The van der Waals surface area contributed by atoms with Crippen LogP contribution in [-0.4, -0.2) is 97.0 Å². The van der Waals surface area contributed by atoms with Crippen molar-refractivity contribution < 1.29 is 24.0 Å². The Morgan fingerprint density at radius 3 is 2.46 bits per heavy atom. The third-order valence-corrected chi connectivity index (χ3v) is 6.40. The molecule has 0 bridgehead atoms. The maximum absolute atomic E-state index is 12.5. The van der Waals surface area contributed by atoms with Gasteiger partial charge in [-0.25, -0.2) is 4.79 Å². The molecule has 35 heavy (non-hydrogen) atoms. The first-order chi connectivity index (χ1) is 17.0. The van der Waals surface area contributed by atoms with Crippen molar-refractivity contribution in [1.29, 1.82) is 0 Å². The van der Waals surface area contributed by atoms with Crippen LogP contribution < -0.4 is 15.0 Å². The number of piperazine rings is 1. The summed E-state index contributed by atoms with van der Waals surface area (Å²) < 4.78 is 10.6. The maximum Gasteiger partial charge on any atom is 0.324 e. The van der Waals surface area contributed by atoms with Crippen LogP contribution in [0.25, 0.3) is 11.4 Å². The van der Waals surface area contributed by atoms with Gasteiger partial charge in [0, 0.05) is 38.3 Å². The minimum absolute atomic E-state index is 0.0152. The molecule has 2 fully saturated rings. The molecular formula is C24H36N6O5. The molecule has 0 aliphatic carbocycles. The smallest absolute Gasteiger partial charge is 0.324 e. The van der Waals surface area contributed by atoms with Gasteiger partial charge in [-0.15, -0.1) is 0 Å². The van der Waals surface area contributed by atoms with Crippen LogP contribution in [0.1, 0.15) is 26.2 Å². The predicted octanol–water partition coefficient (Wildman–Crippen LogP) is 2.40. The summed E-state index contributed by atoms with van der Waals surface area (Å²) in [6, 6.07) is 8.06. The number of benzene rings is 1. The summed E-state index contributed by atoms with van der Waals surface area (Å²) in [5.41, 5.74) is 0.873. The summed E-state index contributed by atoms with van der Waals surface area (Å²) >= 11 is 0. The Labute approximate surface area is 206 Å². The van der Waals surface area contributed by atoms with E-state index in [4.69, 9.17) is 19.2 Å². The highest BCUT2D eigenvalue weighted by molar-refractivity contribution is 5.74. The highest BCUT2D eigenvalue weighted by Crippen LogP contribution is 2.23. The number of urea groups is 1. The number of carboxylic acid groups (broad SMARTS) is 1. The molecule has 1 aromatic carbocycles. The number of anilines is 1. The van der Waals surface area contributed by atoms with E-state index in [-0.39, 0.29) is 12.5 Å². The Morgan fingerprint density at radius 1 is 1.17 bits per heavy atom. The van der Waals surface area contributed by atoms with Gasteiger partial charge in [-0.3, -0.25) is 4.79 Å². The molecule has 2 aliphatic heterocycles. The van der Waals surface area contributed by atoms with E-state index in [0.29, 0.717) is 38.0 Å². The van der Waals surface area contributed by atoms with Crippen LogP contribution in [0.3, 0.4) is 0 Å². The van der Waals surface area contributed by atoms with E-state index in [1.807, 2.05) is 34.1 Å². The van der Waals surface area contributed by atoms with Crippen molar-refractivity contribution in [1.82, 2.24) is 25.3 Å². The lowest BCUT2D eigenvalue weighted by Crippen LogP contribution is -2.52. The maximum atomic E-state index is 12.5. The lowest BCUT2D eigenvalue weighted by atomic mass is 9.99. The van der Waals surface area contributed by atoms with Crippen LogP contribution in [-0.2, 0) is 4.79 Å². The van der Waals surface area contributed by atoms with Gasteiger partial charge in [-0.2, -0.15) is 4.98 Å². The molecule has 11 nitrogen and oxygen atoms in total. The highest BCUT2D eigenvalue weighted by atomic mass is 16.5. The predicted molar refractivity (Wildman–Crippen MR) is 132 cm³/mol. The Kier molecular flexibility index (Phi) is 10.1. The van der Waals surface area contributed by atoms with Crippen LogP contribution in [0.15, 0.2) is 28.8 Å². The van der Waals surface area contributed by atoms with Gasteiger partial charge in [-0.1, -0.05) is 12.1 Å². The van der Waals surface area contributed by atoms with E-state index < -0.39 is 0 Å². The summed E-state index contributed by atoms with van der Waals surface area (Å²) in [5.74, 6) is 2.18. The number of carbonyl (C=O) groups excluding carboxylic acids is 1. The average molecular weight is 489 g/mol. The van der Waals surface area contributed by atoms with Crippen molar-refractivity contribution in [3.63, 3.8) is 0 Å². The summed E-state index contributed by atoms with van der Waals surface area (Å²) in [6.45, 7) is 8.85. The normalized spacial score (nSPS) is 16.9. The van der Waals surface area contributed by atoms with Gasteiger partial charge in [0.25, 0.3) is 6.47 Å². The fourth-order valence-electron chi connectivity index (χ4n) is 4.20. The van der Waals surface area contributed by atoms with E-state index >= 15 is 0 Å². The number of hydrogen-bond acceptors (Lipinski definition) is 8. The molecule has 2 aliphatic rings. The quantitative estimate of drug-likeness (QED) is 0.446. The molecule has 3 heterocycles. The van der Waals surface area contributed by atoms with Gasteiger partial charge in [0.1, 0.15) is 5.75 Å². The van der Waals surface area contributed by atoms with Crippen LogP contribution in [0.2, 0.25) is 0 Å². The standard InChI is InChI=1S/C23H34N6O3.CH2O2/c1-18-8-12-27(13-9-18)11-3-10-24-22(30)28-14-16-29(17-15-28)23-25-21(26-32-23)19-4-6-20(31-2)7-5-19;2-1-3/h4-7,18H,3,8-17H2,1-2H3,(H,24,30);1H,(H,2,3). The molecule has 4 rings (SSSR count). The molecule has 0 unspecified atom stereocenters. The van der Waals surface area contributed by atoms with E-state index in [9.17, 15) is 4.79 Å². The van der Waals surface area contributed by atoms with E-state index in [2.05, 4.69) is 27.3 Å². The molecule has 0 spiro atoms. The van der Waals surface area contributed by atoms with Crippen molar-refractivity contribution in [3.05, 3.63) is 24.3 Å². The molecule has 192 valence electrons. The number of likely N-dealkylation sites (tertiary alicyclic amines) is 1. The SMILES string of the molecule is COc1ccc(-c2noc(N3CCN(C(=O)NCCCN4CCC(C)CC4)CC3)n2)cc1.O=CO. The van der Waals surface area contributed by atoms with Crippen molar-refractivity contribution in [2.24, 2.45) is 5.92 Å². The zero-order valence-electron chi connectivity index (χ0n) is 20.6. The largest absolute Gasteiger partial charge is 0.497 e. The summed E-state index contributed by atoms with van der Waals surface area (Å²) in [6.07, 6.45) is 3.58. The van der Waals surface area contributed by atoms with Crippen molar-refractivity contribution in [2.45, 2.75) is 26.2 Å². The number of aromatic nitrogens is 2. The number of amides is 2. The first-order valence-corrected chi connectivity index (χ1v) is 12.1. The number of carbonyl (C=O) groups is 2. The molecule has 0 saturated carbocycles. The Bertz CT molecular complexity index is 905. The van der Waals surface area contributed by atoms with Gasteiger partial charge in [-0.05, 0) is 69.1 Å². The first-order valence-electron chi connectivity index (χ1n) is 12.1. The second kappa shape index (κ2) is 13.5. The molecule has 2 N–H and O–H groups in total. The highest BCUT2D eigenvalue weighted by Gasteiger charge is 2.24. The number of ether oxygens (including phenoxy) is 1. The lowest BCUT2D eigenvalue weighted by Gasteiger charge is -2.33. The number of rotatable bonds is 7. The Balaban J connectivity index is 0.00000108. The topological polar surface area (TPSA) is 124 Å². The number of piperidine rings is 1. The van der Waals surface area contributed by atoms with Gasteiger partial charge in [0.05, 0.1) is 7.11 Å². The van der Waals surface area contributed by atoms with Gasteiger partial charge >= 0.3 is 12.0 Å². The van der Waals surface area contributed by atoms with E-state index in [0.717, 1.165) is 36.7 Å². The molecule has 1 aromatic heterocycles. The van der Waals surface area contributed by atoms with Crippen molar-refractivity contribution in [2.75, 3.05) is 64.4 Å². The number of nitrogens with zero attached hydrogens (tertiary/aromatic N) is 5. The second-order valence-electron chi connectivity index (χ2n) is 8.82. The molecule has 2 saturated heterocycles. The lowest BCUT2D eigenvalue weighted by molar-refractivity contribution is -0.122. The van der Waals surface area contributed by atoms with E-state index in [1.54, 1.807) is 7.11 Å². The monoisotopic (exact) mass is 488 g/mol. The van der Waals surface area contributed by atoms with Crippen LogP contribution >= 0.6 is 0 Å². The second-order valence-corrected chi connectivity index (χ2v) is 8.82. The number of nitrogens with one attached hydrogen (secondary N) is 1. The third kappa shape index (κ3) is 7.84. The summed E-state index contributed by atoms with van der Waals surface area (Å²) in [7, 11) is 1.64. The molecule has 2 amide bonds. The molecule has 0 atom stereocenters.